The normalized spacial score (nSPS) is 16.7. The molecule has 0 spiro atoms. The maximum atomic E-state index is 13.6. The van der Waals surface area contributed by atoms with Crippen LogP contribution < -0.4 is 10.2 Å². The van der Waals surface area contributed by atoms with Crippen LogP contribution in [0.25, 0.3) is 0 Å². The van der Waals surface area contributed by atoms with Crippen molar-refractivity contribution in [3.05, 3.63) is 41.5 Å². The standard InChI is InChI=1S/C17H19BFN3O4S/c1-2-26-17(23)10-22-16-5-3-4-15(12(16)9-20-22)21-27(24,25)11-6-7-13(18)14(19)8-11/h6-9,15,21H,2-5,10H2,1H3. The van der Waals surface area contributed by atoms with Crippen LogP contribution in [0.4, 0.5) is 4.39 Å². The second kappa shape index (κ2) is 7.81. The van der Waals surface area contributed by atoms with Gasteiger partial charge in [-0.3, -0.25) is 9.48 Å². The number of hydrogen-bond acceptors (Lipinski definition) is 5. The first-order valence-electron chi connectivity index (χ1n) is 8.59. The first kappa shape index (κ1) is 19.6. The Hall–Kier alpha value is -2.20. The third kappa shape index (κ3) is 4.22. The molecule has 7 nitrogen and oxygen atoms in total. The van der Waals surface area contributed by atoms with Gasteiger partial charge in [-0.05, 0) is 38.3 Å². The number of hydrogen-bond donors (Lipinski definition) is 1. The molecule has 1 atom stereocenters. The van der Waals surface area contributed by atoms with Gasteiger partial charge in [0, 0.05) is 11.3 Å². The molecule has 0 amide bonds. The van der Waals surface area contributed by atoms with Gasteiger partial charge in [0.15, 0.2) is 0 Å². The van der Waals surface area contributed by atoms with Gasteiger partial charge in [-0.25, -0.2) is 17.5 Å². The lowest BCUT2D eigenvalue weighted by Crippen LogP contribution is -2.31. The van der Waals surface area contributed by atoms with E-state index in [0.717, 1.165) is 18.2 Å². The fourth-order valence-corrected chi connectivity index (χ4v) is 4.40. The molecule has 10 heteroatoms. The molecule has 1 heterocycles. The Morgan fingerprint density at radius 2 is 2.26 bits per heavy atom. The third-order valence-electron chi connectivity index (χ3n) is 4.43. The fraction of sp³-hybridized carbons (Fsp3) is 0.412. The summed E-state index contributed by atoms with van der Waals surface area (Å²) in [7, 11) is 1.47. The van der Waals surface area contributed by atoms with E-state index in [9.17, 15) is 17.6 Å². The highest BCUT2D eigenvalue weighted by Gasteiger charge is 2.29. The minimum absolute atomic E-state index is 0.0220. The van der Waals surface area contributed by atoms with Crippen LogP contribution in [-0.4, -0.2) is 38.6 Å². The maximum absolute atomic E-state index is 13.6. The van der Waals surface area contributed by atoms with Gasteiger partial charge >= 0.3 is 5.97 Å². The van der Waals surface area contributed by atoms with E-state index in [1.165, 1.54) is 16.8 Å². The van der Waals surface area contributed by atoms with Gasteiger partial charge in [-0.2, -0.15) is 5.10 Å². The van der Waals surface area contributed by atoms with E-state index in [1.54, 1.807) is 13.1 Å². The Kier molecular flexibility index (Phi) is 5.66. The monoisotopic (exact) mass is 391 g/mol. The first-order chi connectivity index (χ1) is 12.8. The molecule has 142 valence electrons. The molecule has 1 aromatic heterocycles. The lowest BCUT2D eigenvalue weighted by Gasteiger charge is -2.24. The highest BCUT2D eigenvalue weighted by molar-refractivity contribution is 7.89. The van der Waals surface area contributed by atoms with E-state index in [4.69, 9.17) is 12.6 Å². The summed E-state index contributed by atoms with van der Waals surface area (Å²) in [5.74, 6) is -1.19. The Morgan fingerprint density at radius 1 is 1.48 bits per heavy atom. The van der Waals surface area contributed by atoms with Crippen molar-refractivity contribution in [3.63, 3.8) is 0 Å². The molecule has 1 aliphatic rings. The minimum atomic E-state index is -3.94. The maximum Gasteiger partial charge on any atom is 0.327 e. The number of rotatable bonds is 6. The van der Waals surface area contributed by atoms with E-state index in [2.05, 4.69) is 9.82 Å². The molecule has 1 aliphatic carbocycles. The smallest absolute Gasteiger partial charge is 0.327 e. The quantitative estimate of drug-likeness (QED) is 0.580. The van der Waals surface area contributed by atoms with Crippen LogP contribution >= 0.6 is 0 Å². The molecule has 0 saturated carbocycles. The van der Waals surface area contributed by atoms with Crippen molar-refractivity contribution in [3.8, 4) is 0 Å². The highest BCUT2D eigenvalue weighted by atomic mass is 32.2. The molecule has 27 heavy (non-hydrogen) atoms. The van der Waals surface area contributed by atoms with Crippen LogP contribution in [-0.2, 0) is 32.5 Å². The Morgan fingerprint density at radius 3 is 2.96 bits per heavy atom. The lowest BCUT2D eigenvalue weighted by atomic mass is 9.94. The van der Waals surface area contributed by atoms with Gasteiger partial charge in [-0.15, -0.1) is 0 Å². The number of carbonyl (C=O) groups is 1. The molecule has 0 bridgehead atoms. The van der Waals surface area contributed by atoms with Gasteiger partial charge < -0.3 is 4.74 Å². The highest BCUT2D eigenvalue weighted by Crippen LogP contribution is 2.31. The summed E-state index contributed by atoms with van der Waals surface area (Å²) >= 11 is 0. The average molecular weight is 391 g/mol. The van der Waals surface area contributed by atoms with Crippen LogP contribution in [0.15, 0.2) is 29.3 Å². The van der Waals surface area contributed by atoms with E-state index in [-0.39, 0.29) is 23.5 Å². The Balaban J connectivity index is 1.82. The fourth-order valence-electron chi connectivity index (χ4n) is 3.14. The summed E-state index contributed by atoms with van der Waals surface area (Å²) < 4.78 is 48.0. The second-order valence-corrected chi connectivity index (χ2v) is 7.97. The van der Waals surface area contributed by atoms with Crippen LogP contribution in [0, 0.1) is 5.82 Å². The number of halogens is 1. The number of fused-ring (bicyclic) bond motifs is 1. The van der Waals surface area contributed by atoms with Gasteiger partial charge in [0.05, 0.1) is 23.7 Å². The molecular weight excluding hydrogens is 372 g/mol. The number of nitrogens with zero attached hydrogens (tertiary/aromatic N) is 2. The predicted octanol–water partition coefficient (Wildman–Crippen LogP) is 0.735. The SMILES string of the molecule is [B]c1ccc(S(=O)(=O)NC2CCCc3c2cnn3CC(=O)OCC)cc1F. The summed E-state index contributed by atoms with van der Waals surface area (Å²) in [5, 5.41) is 4.20. The third-order valence-corrected chi connectivity index (χ3v) is 5.90. The molecule has 0 fully saturated rings. The molecule has 0 saturated heterocycles. The summed E-state index contributed by atoms with van der Waals surface area (Å²) in [6.07, 6.45) is 3.55. The van der Waals surface area contributed by atoms with Gasteiger partial charge in [0.2, 0.25) is 10.0 Å². The Labute approximate surface area is 158 Å². The van der Waals surface area contributed by atoms with Crippen molar-refractivity contribution in [1.29, 1.82) is 0 Å². The van der Waals surface area contributed by atoms with Crippen molar-refractivity contribution in [2.24, 2.45) is 0 Å². The Bertz CT molecular complexity index is 961. The van der Waals surface area contributed by atoms with Crippen molar-refractivity contribution < 1.29 is 22.3 Å². The number of ether oxygens (including phenoxy) is 1. The number of benzene rings is 1. The molecule has 2 radical (unpaired) electrons. The van der Waals surface area contributed by atoms with Gasteiger partial charge in [-0.1, -0.05) is 11.5 Å². The van der Waals surface area contributed by atoms with Crippen molar-refractivity contribution in [2.45, 2.75) is 43.7 Å². The second-order valence-electron chi connectivity index (χ2n) is 6.26. The molecule has 1 unspecified atom stereocenters. The van der Waals surface area contributed by atoms with Gasteiger partial charge in [0.25, 0.3) is 0 Å². The number of esters is 1. The van der Waals surface area contributed by atoms with E-state index >= 15 is 0 Å². The average Bonchev–Trinajstić information content (AvgIpc) is 3.01. The summed E-state index contributed by atoms with van der Waals surface area (Å²) in [6, 6.07) is 2.86. The molecule has 2 aromatic rings. The van der Waals surface area contributed by atoms with E-state index in [0.29, 0.717) is 18.4 Å². The van der Waals surface area contributed by atoms with E-state index in [1.807, 2.05) is 0 Å². The summed E-state index contributed by atoms with van der Waals surface area (Å²) in [6.45, 7) is 1.98. The molecule has 1 N–H and O–H groups in total. The topological polar surface area (TPSA) is 90.3 Å². The van der Waals surface area contributed by atoms with Crippen molar-refractivity contribution >= 4 is 29.3 Å². The number of carbonyl (C=O) groups excluding carboxylic acids is 1. The van der Waals surface area contributed by atoms with Crippen molar-refractivity contribution in [1.82, 2.24) is 14.5 Å². The van der Waals surface area contributed by atoms with Crippen LogP contribution in [0.1, 0.15) is 37.1 Å². The lowest BCUT2D eigenvalue weighted by molar-refractivity contribution is -0.144. The minimum Gasteiger partial charge on any atom is -0.465 e. The molecule has 3 rings (SSSR count). The first-order valence-corrected chi connectivity index (χ1v) is 10.1. The summed E-state index contributed by atoms with van der Waals surface area (Å²) in [4.78, 5) is 11.5. The van der Waals surface area contributed by atoms with Crippen LogP contribution in [0.5, 0.6) is 0 Å². The van der Waals surface area contributed by atoms with E-state index < -0.39 is 27.9 Å². The number of sulfonamides is 1. The molecule has 1 aromatic carbocycles. The molecular formula is C17H19BFN3O4S. The molecule has 0 aliphatic heterocycles. The number of nitrogens with one attached hydrogen (secondary N) is 1. The zero-order valence-electron chi connectivity index (χ0n) is 14.8. The zero-order valence-corrected chi connectivity index (χ0v) is 15.6. The van der Waals surface area contributed by atoms with Crippen molar-refractivity contribution in [2.75, 3.05) is 6.61 Å². The van der Waals surface area contributed by atoms with Crippen LogP contribution in [0.2, 0.25) is 0 Å². The number of aromatic nitrogens is 2. The van der Waals surface area contributed by atoms with Gasteiger partial charge in [0.1, 0.15) is 20.2 Å². The predicted molar refractivity (Wildman–Crippen MR) is 96.6 cm³/mol. The largest absolute Gasteiger partial charge is 0.465 e. The zero-order chi connectivity index (χ0) is 19.6. The van der Waals surface area contributed by atoms with Crippen LogP contribution in [0.3, 0.4) is 0 Å². The summed E-state index contributed by atoms with van der Waals surface area (Å²) in [5.41, 5.74) is 1.39.